The summed E-state index contributed by atoms with van der Waals surface area (Å²) >= 11 is 0. The van der Waals surface area contributed by atoms with Gasteiger partial charge in [-0.05, 0) is 19.9 Å². The van der Waals surface area contributed by atoms with Crippen molar-refractivity contribution < 1.29 is 14.7 Å². The zero-order valence-electron chi connectivity index (χ0n) is 9.34. The molecule has 0 atom stereocenters. The quantitative estimate of drug-likeness (QED) is 0.792. The van der Waals surface area contributed by atoms with Crippen LogP contribution >= 0.6 is 0 Å². The lowest BCUT2D eigenvalue weighted by Crippen LogP contribution is -2.22. The molecular formula is C10H10N4O3. The number of aliphatic carboxylic acids is 1. The minimum absolute atomic E-state index is 0.115. The number of rotatable bonds is 2. The SMILES string of the molecule is Cc1cc(C)nc(N2N=C(C(=O)O)CC2=O)n1. The van der Waals surface area contributed by atoms with Gasteiger partial charge in [-0.1, -0.05) is 0 Å². The summed E-state index contributed by atoms with van der Waals surface area (Å²) in [5, 5.41) is 13.4. The lowest BCUT2D eigenvalue weighted by molar-refractivity contribution is -0.129. The predicted octanol–water partition coefficient (Wildman–Crippen LogP) is 0.271. The first-order chi connectivity index (χ1) is 7.97. The fourth-order valence-electron chi connectivity index (χ4n) is 1.51. The number of carboxylic acids is 1. The first-order valence-corrected chi connectivity index (χ1v) is 4.93. The monoisotopic (exact) mass is 234 g/mol. The van der Waals surface area contributed by atoms with Crippen LogP contribution in [-0.4, -0.2) is 32.7 Å². The first kappa shape index (κ1) is 11.2. The highest BCUT2D eigenvalue weighted by Crippen LogP contribution is 2.17. The Bertz CT molecular complexity index is 518. The lowest BCUT2D eigenvalue weighted by Gasteiger charge is -2.10. The van der Waals surface area contributed by atoms with Gasteiger partial charge in [0.1, 0.15) is 0 Å². The molecule has 0 aliphatic carbocycles. The Morgan fingerprint density at radius 1 is 1.35 bits per heavy atom. The molecule has 0 spiro atoms. The van der Waals surface area contributed by atoms with E-state index in [1.165, 1.54) is 0 Å². The van der Waals surface area contributed by atoms with Crippen LogP contribution in [0.2, 0.25) is 0 Å². The number of hydrazone groups is 1. The Balaban J connectivity index is 2.40. The van der Waals surface area contributed by atoms with E-state index in [0.717, 1.165) is 5.01 Å². The second-order valence-corrected chi connectivity index (χ2v) is 3.68. The number of aromatic nitrogens is 2. The molecule has 88 valence electrons. The van der Waals surface area contributed by atoms with Crippen LogP contribution in [0, 0.1) is 13.8 Å². The summed E-state index contributed by atoms with van der Waals surface area (Å²) < 4.78 is 0. The van der Waals surface area contributed by atoms with Gasteiger partial charge in [0.15, 0.2) is 5.71 Å². The molecule has 0 unspecified atom stereocenters. The Kier molecular flexibility index (Phi) is 2.58. The molecule has 0 saturated heterocycles. The van der Waals surface area contributed by atoms with E-state index in [1.54, 1.807) is 19.9 Å². The van der Waals surface area contributed by atoms with Crippen LogP contribution < -0.4 is 5.01 Å². The van der Waals surface area contributed by atoms with E-state index in [2.05, 4.69) is 15.1 Å². The average Bonchev–Trinajstić information content (AvgIpc) is 2.59. The van der Waals surface area contributed by atoms with Crippen molar-refractivity contribution in [2.24, 2.45) is 5.10 Å². The summed E-state index contributed by atoms with van der Waals surface area (Å²) in [7, 11) is 0. The molecule has 0 aromatic carbocycles. The molecule has 7 nitrogen and oxygen atoms in total. The third kappa shape index (κ3) is 2.12. The van der Waals surface area contributed by atoms with E-state index >= 15 is 0 Å². The third-order valence-corrected chi connectivity index (χ3v) is 2.18. The van der Waals surface area contributed by atoms with Gasteiger partial charge >= 0.3 is 5.97 Å². The summed E-state index contributed by atoms with van der Waals surface area (Å²) in [5.41, 5.74) is 1.19. The number of aryl methyl sites for hydroxylation is 2. The van der Waals surface area contributed by atoms with Gasteiger partial charge in [0, 0.05) is 11.4 Å². The highest BCUT2D eigenvalue weighted by molar-refractivity contribution is 6.41. The summed E-state index contributed by atoms with van der Waals surface area (Å²) in [6.45, 7) is 3.53. The van der Waals surface area contributed by atoms with Gasteiger partial charge in [0.2, 0.25) is 0 Å². The van der Waals surface area contributed by atoms with E-state index in [-0.39, 0.29) is 18.1 Å². The summed E-state index contributed by atoms with van der Waals surface area (Å²) in [5.74, 6) is -1.53. The van der Waals surface area contributed by atoms with Crippen LogP contribution in [0.4, 0.5) is 5.95 Å². The van der Waals surface area contributed by atoms with Crippen LogP contribution in [0.25, 0.3) is 0 Å². The zero-order valence-corrected chi connectivity index (χ0v) is 9.34. The third-order valence-electron chi connectivity index (χ3n) is 2.18. The molecule has 0 fully saturated rings. The van der Waals surface area contributed by atoms with E-state index in [4.69, 9.17) is 5.11 Å². The number of nitrogens with zero attached hydrogens (tertiary/aromatic N) is 4. The molecular weight excluding hydrogens is 224 g/mol. The molecule has 1 aliphatic rings. The maximum Gasteiger partial charge on any atom is 0.352 e. The van der Waals surface area contributed by atoms with E-state index < -0.39 is 11.9 Å². The van der Waals surface area contributed by atoms with Gasteiger partial charge in [0.25, 0.3) is 11.9 Å². The Hall–Kier alpha value is -2.31. The van der Waals surface area contributed by atoms with Gasteiger partial charge in [-0.25, -0.2) is 14.8 Å². The lowest BCUT2D eigenvalue weighted by atomic mass is 10.3. The fourth-order valence-corrected chi connectivity index (χ4v) is 1.51. The maximum atomic E-state index is 11.6. The minimum atomic E-state index is -1.20. The van der Waals surface area contributed by atoms with Crippen molar-refractivity contribution in [1.82, 2.24) is 9.97 Å². The van der Waals surface area contributed by atoms with Gasteiger partial charge in [-0.15, -0.1) is 0 Å². The Morgan fingerprint density at radius 2 is 1.94 bits per heavy atom. The number of amides is 1. The van der Waals surface area contributed by atoms with Gasteiger partial charge in [-0.2, -0.15) is 10.1 Å². The molecule has 1 N–H and O–H groups in total. The van der Waals surface area contributed by atoms with Gasteiger partial charge < -0.3 is 5.11 Å². The molecule has 0 radical (unpaired) electrons. The number of hydrogen-bond donors (Lipinski definition) is 1. The molecule has 7 heteroatoms. The normalized spacial score (nSPS) is 15.1. The van der Waals surface area contributed by atoms with Crippen molar-refractivity contribution in [2.75, 3.05) is 5.01 Å². The molecule has 1 aromatic heterocycles. The minimum Gasteiger partial charge on any atom is -0.477 e. The number of carbonyl (C=O) groups excluding carboxylic acids is 1. The molecule has 2 rings (SSSR count). The van der Waals surface area contributed by atoms with Crippen molar-refractivity contribution in [3.8, 4) is 0 Å². The van der Waals surface area contributed by atoms with Gasteiger partial charge in [0.05, 0.1) is 6.42 Å². The second kappa shape index (κ2) is 3.93. The first-order valence-electron chi connectivity index (χ1n) is 4.93. The summed E-state index contributed by atoms with van der Waals surface area (Å²) in [6.07, 6.45) is -0.230. The zero-order chi connectivity index (χ0) is 12.6. The van der Waals surface area contributed by atoms with Crippen molar-refractivity contribution in [2.45, 2.75) is 20.3 Å². The average molecular weight is 234 g/mol. The molecule has 1 aromatic rings. The van der Waals surface area contributed by atoms with E-state index in [1.807, 2.05) is 0 Å². The van der Waals surface area contributed by atoms with Crippen LogP contribution in [-0.2, 0) is 9.59 Å². The highest BCUT2D eigenvalue weighted by atomic mass is 16.4. The number of hydrogen-bond acceptors (Lipinski definition) is 5. The predicted molar refractivity (Wildman–Crippen MR) is 58.7 cm³/mol. The second-order valence-electron chi connectivity index (χ2n) is 3.68. The Morgan fingerprint density at radius 3 is 2.41 bits per heavy atom. The number of carbonyl (C=O) groups is 2. The maximum absolute atomic E-state index is 11.6. The van der Waals surface area contributed by atoms with Crippen molar-refractivity contribution >= 4 is 23.5 Å². The van der Waals surface area contributed by atoms with Crippen LogP contribution in [0.15, 0.2) is 11.2 Å². The number of carboxylic acid groups (broad SMARTS) is 1. The fraction of sp³-hybridized carbons (Fsp3) is 0.300. The molecule has 17 heavy (non-hydrogen) atoms. The summed E-state index contributed by atoms with van der Waals surface area (Å²) in [6, 6.07) is 1.76. The molecule has 1 aliphatic heterocycles. The summed E-state index contributed by atoms with van der Waals surface area (Å²) in [4.78, 5) is 30.4. The van der Waals surface area contributed by atoms with Crippen molar-refractivity contribution in [3.05, 3.63) is 17.5 Å². The smallest absolute Gasteiger partial charge is 0.352 e. The Labute approximate surface area is 96.8 Å². The van der Waals surface area contributed by atoms with E-state index in [9.17, 15) is 9.59 Å². The van der Waals surface area contributed by atoms with Gasteiger partial charge in [-0.3, -0.25) is 4.79 Å². The molecule has 0 bridgehead atoms. The topological polar surface area (TPSA) is 95.8 Å². The number of anilines is 1. The van der Waals surface area contributed by atoms with E-state index in [0.29, 0.717) is 11.4 Å². The largest absolute Gasteiger partial charge is 0.477 e. The molecule has 1 amide bonds. The molecule has 2 heterocycles. The van der Waals surface area contributed by atoms with Crippen LogP contribution in [0.1, 0.15) is 17.8 Å². The standard InChI is InChI=1S/C10H10N4O3/c1-5-3-6(2)12-10(11-5)14-8(15)4-7(13-14)9(16)17/h3H,4H2,1-2H3,(H,16,17). The van der Waals surface area contributed by atoms with Crippen molar-refractivity contribution in [1.29, 1.82) is 0 Å². The molecule has 0 saturated carbocycles. The van der Waals surface area contributed by atoms with Crippen LogP contribution in [0.5, 0.6) is 0 Å². The van der Waals surface area contributed by atoms with Crippen molar-refractivity contribution in [3.63, 3.8) is 0 Å². The van der Waals surface area contributed by atoms with Crippen LogP contribution in [0.3, 0.4) is 0 Å². The highest BCUT2D eigenvalue weighted by Gasteiger charge is 2.30.